The Morgan fingerprint density at radius 3 is 2.12 bits per heavy atom. The van der Waals surface area contributed by atoms with Crippen LogP contribution in [0.25, 0.3) is 0 Å². The van der Waals surface area contributed by atoms with Crippen molar-refractivity contribution in [1.29, 1.82) is 0 Å². The van der Waals surface area contributed by atoms with Crippen LogP contribution < -0.4 is 0 Å². The van der Waals surface area contributed by atoms with Crippen molar-refractivity contribution in [3.05, 3.63) is 47.1 Å². The molecule has 2 heterocycles. The zero-order valence-electron chi connectivity index (χ0n) is 37.1. The predicted octanol–water partition coefficient (Wildman–Crippen LogP) is 8.54. The standard InChI is InChI=1S/C49H72O10/c1-10-28(4)46(54)58-39-22-30(6)44(38-16-12-29(5)37(43(38)39)17-15-35-23-33(50)25-41(52)56-35)49(19-18-36-24-34(51)26-42(53)57-36)31(7)13-14-32-20-27(3)21-40(45(32)49)59-47(55)48(8,9)11-2/h12-14,16,20,27-31,33-37,39-40,43,45,50-51H,10-11,15,17-19,21-26H2,1-9H3/t27-,28-,29-,30+,31?,33?,34+,35?,36?,37-,39-,40-,43+,45+,49-/m0/s1. The van der Waals surface area contributed by atoms with Crippen LogP contribution in [0.15, 0.2) is 47.1 Å². The normalized spacial score (nSPS) is 39.0. The number of aliphatic hydroxyl groups excluding tert-OH is 2. The van der Waals surface area contributed by atoms with Gasteiger partial charge in [-0.1, -0.05) is 84.4 Å². The van der Waals surface area contributed by atoms with E-state index < -0.39 is 35.2 Å². The van der Waals surface area contributed by atoms with Crippen molar-refractivity contribution in [1.82, 2.24) is 0 Å². The van der Waals surface area contributed by atoms with Gasteiger partial charge in [0.2, 0.25) is 0 Å². The molecule has 6 rings (SSSR count). The van der Waals surface area contributed by atoms with Crippen LogP contribution in [0.3, 0.4) is 0 Å². The number of carbonyl (C=O) groups excluding carboxylic acids is 4. The Morgan fingerprint density at radius 1 is 0.864 bits per heavy atom. The van der Waals surface area contributed by atoms with Crippen LogP contribution >= 0.6 is 0 Å². The van der Waals surface area contributed by atoms with Gasteiger partial charge in [-0.2, -0.15) is 0 Å². The molecule has 2 aliphatic heterocycles. The van der Waals surface area contributed by atoms with E-state index in [-0.39, 0.29) is 96.3 Å². The van der Waals surface area contributed by atoms with Crippen LogP contribution in [0.1, 0.15) is 139 Å². The van der Waals surface area contributed by atoms with Gasteiger partial charge in [0, 0.05) is 30.1 Å². The number of esters is 4. The smallest absolute Gasteiger partial charge is 0.311 e. The quantitative estimate of drug-likeness (QED) is 0.137. The van der Waals surface area contributed by atoms with Crippen LogP contribution in [0, 0.1) is 58.2 Å². The Morgan fingerprint density at radius 2 is 1.51 bits per heavy atom. The molecule has 15 atom stereocenters. The first kappa shape index (κ1) is 45.3. The minimum Gasteiger partial charge on any atom is -0.462 e. The summed E-state index contributed by atoms with van der Waals surface area (Å²) in [5, 5.41) is 21.2. The Kier molecular flexibility index (Phi) is 14.1. The van der Waals surface area contributed by atoms with Gasteiger partial charge in [-0.3, -0.25) is 19.2 Å². The number of rotatable bonds is 13. The molecule has 4 aliphatic carbocycles. The van der Waals surface area contributed by atoms with Gasteiger partial charge in [-0.25, -0.2) is 0 Å². The number of ether oxygens (including phenoxy) is 4. The lowest BCUT2D eigenvalue weighted by molar-refractivity contribution is -0.168. The van der Waals surface area contributed by atoms with Gasteiger partial charge < -0.3 is 29.2 Å². The SMILES string of the molecule is CC[C@H](C)C(=O)O[C@H]1C[C@@H](C)C([C@]2(CCC3C[C@@H](O)CC(=O)O3)C(C)C=CC3=C[C@H](C)C[C@H](OC(=O)C(C)(C)CC)[C@@H]32)=C2C=C[C@H](C)[C@H](CCC3CC(O)CC(=O)O3)[C@H]21. The summed E-state index contributed by atoms with van der Waals surface area (Å²) in [7, 11) is 0. The molecule has 10 nitrogen and oxygen atoms in total. The number of cyclic esters (lactones) is 2. The second kappa shape index (κ2) is 18.4. The highest BCUT2D eigenvalue weighted by molar-refractivity contribution is 5.76. The molecule has 0 aromatic heterocycles. The minimum absolute atomic E-state index is 0.00637. The lowest BCUT2D eigenvalue weighted by atomic mass is 9.47. The first-order chi connectivity index (χ1) is 27.9. The third-order valence-corrected chi connectivity index (χ3v) is 15.3. The van der Waals surface area contributed by atoms with E-state index in [1.807, 2.05) is 34.6 Å². The van der Waals surface area contributed by atoms with Crippen molar-refractivity contribution in [2.24, 2.45) is 58.2 Å². The minimum atomic E-state index is -0.758. The monoisotopic (exact) mass is 821 g/mol. The first-order valence-electron chi connectivity index (χ1n) is 22.9. The molecule has 0 bridgehead atoms. The second-order valence-electron chi connectivity index (χ2n) is 20.0. The molecule has 328 valence electrons. The maximum Gasteiger partial charge on any atom is 0.311 e. The average Bonchev–Trinajstić information content (AvgIpc) is 3.16. The molecule has 0 aromatic carbocycles. The highest BCUT2D eigenvalue weighted by Gasteiger charge is 2.58. The second-order valence-corrected chi connectivity index (χ2v) is 20.0. The highest BCUT2D eigenvalue weighted by atomic mass is 16.6. The molecule has 0 radical (unpaired) electrons. The van der Waals surface area contributed by atoms with Crippen LogP contribution in [0.2, 0.25) is 0 Å². The number of fused-ring (bicyclic) bond motifs is 2. The summed E-state index contributed by atoms with van der Waals surface area (Å²) in [6.07, 6.45) is 14.2. The number of hydrogen-bond acceptors (Lipinski definition) is 10. The maximum atomic E-state index is 14.1. The summed E-state index contributed by atoms with van der Waals surface area (Å²) in [6, 6.07) is 0. The Bertz CT molecular complexity index is 1700. The summed E-state index contributed by atoms with van der Waals surface area (Å²) in [5.41, 5.74) is 2.35. The van der Waals surface area contributed by atoms with Crippen molar-refractivity contribution in [2.75, 3.05) is 0 Å². The van der Waals surface area contributed by atoms with E-state index in [1.165, 1.54) is 5.57 Å². The van der Waals surface area contributed by atoms with E-state index in [1.54, 1.807) is 0 Å². The first-order valence-corrected chi connectivity index (χ1v) is 22.9. The van der Waals surface area contributed by atoms with Gasteiger partial charge >= 0.3 is 23.9 Å². The summed E-state index contributed by atoms with van der Waals surface area (Å²) in [5.74, 6) is -1.44. The fourth-order valence-electron chi connectivity index (χ4n) is 11.5. The highest BCUT2D eigenvalue weighted by Crippen LogP contribution is 2.63. The van der Waals surface area contributed by atoms with Gasteiger partial charge in [0.15, 0.2) is 0 Å². The van der Waals surface area contributed by atoms with E-state index in [0.29, 0.717) is 64.2 Å². The van der Waals surface area contributed by atoms with Crippen molar-refractivity contribution in [2.45, 2.75) is 176 Å². The average molecular weight is 821 g/mol. The molecule has 0 amide bonds. The molecule has 4 unspecified atom stereocenters. The van der Waals surface area contributed by atoms with Crippen molar-refractivity contribution >= 4 is 23.9 Å². The molecule has 59 heavy (non-hydrogen) atoms. The lowest BCUT2D eigenvalue weighted by Crippen LogP contribution is -2.54. The maximum absolute atomic E-state index is 14.1. The van der Waals surface area contributed by atoms with E-state index in [9.17, 15) is 29.4 Å². The number of aliphatic hydroxyl groups is 2. The van der Waals surface area contributed by atoms with Crippen molar-refractivity contribution in [3.63, 3.8) is 0 Å². The van der Waals surface area contributed by atoms with Crippen LogP contribution in [0.4, 0.5) is 0 Å². The number of allylic oxidation sites excluding steroid dienone is 6. The summed E-state index contributed by atoms with van der Waals surface area (Å²) < 4.78 is 25.0. The summed E-state index contributed by atoms with van der Waals surface area (Å²) in [4.78, 5) is 52.9. The Labute approximate surface area is 352 Å². The molecule has 0 spiro atoms. The zero-order chi connectivity index (χ0) is 43.0. The van der Waals surface area contributed by atoms with Crippen LogP contribution in [-0.4, -0.2) is 70.7 Å². The van der Waals surface area contributed by atoms with Crippen LogP contribution in [-0.2, 0) is 38.1 Å². The van der Waals surface area contributed by atoms with E-state index in [4.69, 9.17) is 18.9 Å². The number of hydrogen-bond donors (Lipinski definition) is 2. The molecule has 10 heteroatoms. The molecule has 2 saturated heterocycles. The number of carbonyl (C=O) groups is 4. The zero-order valence-corrected chi connectivity index (χ0v) is 37.1. The fourth-order valence-corrected chi connectivity index (χ4v) is 11.5. The molecule has 0 saturated carbocycles. The largest absolute Gasteiger partial charge is 0.462 e. The van der Waals surface area contributed by atoms with Gasteiger partial charge in [0.1, 0.15) is 24.4 Å². The van der Waals surface area contributed by atoms with E-state index in [2.05, 4.69) is 58.1 Å². The topological polar surface area (TPSA) is 146 Å². The summed E-state index contributed by atoms with van der Waals surface area (Å²) in [6.45, 7) is 18.7. The molecule has 6 aliphatic rings. The third kappa shape index (κ3) is 9.49. The van der Waals surface area contributed by atoms with Gasteiger partial charge in [-0.05, 0) is 106 Å². The van der Waals surface area contributed by atoms with E-state index >= 15 is 0 Å². The van der Waals surface area contributed by atoms with E-state index in [0.717, 1.165) is 11.1 Å². The lowest BCUT2D eigenvalue weighted by Gasteiger charge is -2.58. The molecule has 0 aromatic rings. The van der Waals surface area contributed by atoms with Crippen LogP contribution in [0.5, 0.6) is 0 Å². The van der Waals surface area contributed by atoms with Crippen molar-refractivity contribution in [3.8, 4) is 0 Å². The molecular weight excluding hydrogens is 749 g/mol. The Hall–Kier alpha value is -3.24. The Balaban J connectivity index is 1.53. The van der Waals surface area contributed by atoms with Gasteiger partial charge in [-0.15, -0.1) is 0 Å². The molecule has 2 fully saturated rings. The third-order valence-electron chi connectivity index (χ3n) is 15.3. The molecule has 2 N–H and O–H groups in total. The van der Waals surface area contributed by atoms with Crippen molar-refractivity contribution < 1.29 is 48.3 Å². The fraction of sp³-hybridized carbons (Fsp3) is 0.755. The van der Waals surface area contributed by atoms with Gasteiger partial charge in [0.05, 0.1) is 36.4 Å². The van der Waals surface area contributed by atoms with Gasteiger partial charge in [0.25, 0.3) is 0 Å². The molecular formula is C49H72O10. The predicted molar refractivity (Wildman–Crippen MR) is 224 cm³/mol. The summed E-state index contributed by atoms with van der Waals surface area (Å²) >= 11 is 0.